The summed E-state index contributed by atoms with van der Waals surface area (Å²) in [5.74, 6) is 1.16. The normalized spacial score (nSPS) is 11.2. The summed E-state index contributed by atoms with van der Waals surface area (Å²) in [7, 11) is 0. The van der Waals surface area contributed by atoms with Crippen molar-refractivity contribution in [1.29, 1.82) is 0 Å². The summed E-state index contributed by atoms with van der Waals surface area (Å²) in [6.07, 6.45) is 1.52. The van der Waals surface area contributed by atoms with Gasteiger partial charge in [-0.1, -0.05) is 53.7 Å². The number of anilines is 3. The number of nitrogen functional groups attached to an aromatic ring is 1. The molecule has 3 aromatic carbocycles. The van der Waals surface area contributed by atoms with Crippen molar-refractivity contribution in [3.8, 4) is 5.82 Å². The second kappa shape index (κ2) is 6.87. The van der Waals surface area contributed by atoms with Gasteiger partial charge in [0.2, 0.25) is 0 Å². The lowest BCUT2D eigenvalue weighted by Crippen LogP contribution is -2.21. The number of para-hydroxylation sites is 1. The fourth-order valence-electron chi connectivity index (χ4n) is 3.66. The number of rotatable bonds is 4. The maximum atomic E-state index is 6.57. The number of benzene rings is 3. The molecule has 0 bridgehead atoms. The van der Waals surface area contributed by atoms with Crippen LogP contribution in [0.25, 0.3) is 27.6 Å². The third-order valence-electron chi connectivity index (χ3n) is 5.02. The molecule has 5 aromatic rings. The number of fused-ring (bicyclic) bond motifs is 2. The van der Waals surface area contributed by atoms with Gasteiger partial charge in [-0.15, -0.1) is 5.10 Å². The number of aromatic nitrogens is 5. The van der Waals surface area contributed by atoms with Crippen LogP contribution >= 0.6 is 0 Å². The van der Waals surface area contributed by atoms with E-state index in [2.05, 4.69) is 56.4 Å². The minimum atomic E-state index is 0.456. The highest BCUT2D eigenvalue weighted by Crippen LogP contribution is 2.35. The molecule has 0 atom stereocenters. The first-order valence-electron chi connectivity index (χ1n) is 9.44. The van der Waals surface area contributed by atoms with Gasteiger partial charge in [0, 0.05) is 11.9 Å². The molecule has 142 valence electrons. The molecule has 7 heteroatoms. The highest BCUT2D eigenvalue weighted by Gasteiger charge is 2.19. The van der Waals surface area contributed by atoms with Crippen LogP contribution in [0.3, 0.4) is 0 Å². The molecule has 29 heavy (non-hydrogen) atoms. The molecule has 0 spiro atoms. The summed E-state index contributed by atoms with van der Waals surface area (Å²) in [4.78, 5) is 11.0. The molecule has 0 saturated heterocycles. The van der Waals surface area contributed by atoms with E-state index >= 15 is 0 Å². The van der Waals surface area contributed by atoms with Crippen molar-refractivity contribution in [3.05, 3.63) is 73.1 Å². The second-order valence-corrected chi connectivity index (χ2v) is 6.67. The van der Waals surface area contributed by atoms with Crippen LogP contribution in [0.15, 0.2) is 73.1 Å². The van der Waals surface area contributed by atoms with E-state index in [-0.39, 0.29) is 0 Å². The zero-order valence-electron chi connectivity index (χ0n) is 15.9. The third-order valence-corrected chi connectivity index (χ3v) is 5.02. The first kappa shape index (κ1) is 17.1. The Morgan fingerprint density at radius 3 is 2.62 bits per heavy atom. The predicted molar refractivity (Wildman–Crippen MR) is 115 cm³/mol. The molecule has 2 aromatic heterocycles. The van der Waals surface area contributed by atoms with Gasteiger partial charge in [-0.05, 0) is 30.5 Å². The van der Waals surface area contributed by atoms with E-state index in [0.717, 1.165) is 22.1 Å². The summed E-state index contributed by atoms with van der Waals surface area (Å²) >= 11 is 0. The van der Waals surface area contributed by atoms with Crippen LogP contribution in [-0.4, -0.2) is 31.5 Å². The van der Waals surface area contributed by atoms with Crippen molar-refractivity contribution in [1.82, 2.24) is 25.0 Å². The van der Waals surface area contributed by atoms with Crippen molar-refractivity contribution in [2.75, 3.05) is 17.2 Å². The van der Waals surface area contributed by atoms with Gasteiger partial charge in [-0.2, -0.15) is 4.68 Å². The highest BCUT2D eigenvalue weighted by atomic mass is 15.4. The van der Waals surface area contributed by atoms with Crippen molar-refractivity contribution >= 4 is 39.0 Å². The molecular formula is C22H19N7. The van der Waals surface area contributed by atoms with Gasteiger partial charge in [-0.3, -0.25) is 0 Å². The molecule has 0 aliphatic rings. The van der Waals surface area contributed by atoms with E-state index in [9.17, 15) is 0 Å². The fourth-order valence-corrected chi connectivity index (χ4v) is 3.66. The Balaban J connectivity index is 1.69. The number of hydrogen-bond donors (Lipinski definition) is 1. The van der Waals surface area contributed by atoms with E-state index in [4.69, 9.17) is 5.73 Å². The zero-order valence-corrected chi connectivity index (χ0v) is 15.9. The molecule has 0 fully saturated rings. The SMILES string of the molecule is CCN(c1ncnc(-n2nnc3ccccc32)c1N)c1cccc2ccccc12. The first-order valence-corrected chi connectivity index (χ1v) is 9.44. The van der Waals surface area contributed by atoms with Crippen LogP contribution in [0.4, 0.5) is 17.2 Å². The van der Waals surface area contributed by atoms with Crippen molar-refractivity contribution in [2.24, 2.45) is 0 Å². The molecule has 5 rings (SSSR count). The molecular weight excluding hydrogens is 362 g/mol. The van der Waals surface area contributed by atoms with Crippen molar-refractivity contribution in [3.63, 3.8) is 0 Å². The van der Waals surface area contributed by atoms with Crippen LogP contribution in [0.5, 0.6) is 0 Å². The van der Waals surface area contributed by atoms with Gasteiger partial charge in [-0.25, -0.2) is 9.97 Å². The maximum absolute atomic E-state index is 6.57. The van der Waals surface area contributed by atoms with E-state index in [0.29, 0.717) is 23.9 Å². The van der Waals surface area contributed by atoms with E-state index in [1.165, 1.54) is 11.7 Å². The number of nitrogens with two attached hydrogens (primary N) is 1. The van der Waals surface area contributed by atoms with Crippen LogP contribution in [-0.2, 0) is 0 Å². The van der Waals surface area contributed by atoms with Gasteiger partial charge in [0.05, 0.1) is 11.2 Å². The maximum Gasteiger partial charge on any atom is 0.184 e. The average Bonchev–Trinajstić information content (AvgIpc) is 3.19. The van der Waals surface area contributed by atoms with Gasteiger partial charge in [0.15, 0.2) is 11.6 Å². The van der Waals surface area contributed by atoms with Crippen LogP contribution in [0.2, 0.25) is 0 Å². The van der Waals surface area contributed by atoms with Gasteiger partial charge >= 0.3 is 0 Å². The molecule has 2 heterocycles. The molecule has 0 aliphatic carbocycles. The minimum absolute atomic E-state index is 0.456. The molecule has 7 nitrogen and oxygen atoms in total. The van der Waals surface area contributed by atoms with Crippen molar-refractivity contribution in [2.45, 2.75) is 6.92 Å². The quantitative estimate of drug-likeness (QED) is 0.504. The fraction of sp³-hybridized carbons (Fsp3) is 0.0909. The lowest BCUT2D eigenvalue weighted by Gasteiger charge is -2.25. The largest absolute Gasteiger partial charge is 0.393 e. The molecule has 0 amide bonds. The van der Waals surface area contributed by atoms with E-state index in [1.54, 1.807) is 4.68 Å². The monoisotopic (exact) mass is 381 g/mol. The smallest absolute Gasteiger partial charge is 0.184 e. The molecule has 0 saturated carbocycles. The lowest BCUT2D eigenvalue weighted by molar-refractivity contribution is 0.797. The topological polar surface area (TPSA) is 85.8 Å². The first-order chi connectivity index (χ1) is 14.3. The average molecular weight is 381 g/mol. The summed E-state index contributed by atoms with van der Waals surface area (Å²) in [6, 6.07) is 22.2. The summed E-state index contributed by atoms with van der Waals surface area (Å²) in [5, 5.41) is 10.8. The number of hydrogen-bond acceptors (Lipinski definition) is 6. The van der Waals surface area contributed by atoms with Gasteiger partial charge in [0.25, 0.3) is 0 Å². The zero-order chi connectivity index (χ0) is 19.8. The lowest BCUT2D eigenvalue weighted by atomic mass is 10.1. The summed E-state index contributed by atoms with van der Waals surface area (Å²) < 4.78 is 1.66. The van der Waals surface area contributed by atoms with Crippen molar-refractivity contribution < 1.29 is 0 Å². The van der Waals surface area contributed by atoms with Gasteiger partial charge in [0.1, 0.15) is 17.5 Å². The molecule has 0 aliphatic heterocycles. The molecule has 2 N–H and O–H groups in total. The van der Waals surface area contributed by atoms with Crippen LogP contribution in [0, 0.1) is 0 Å². The van der Waals surface area contributed by atoms with Crippen LogP contribution in [0.1, 0.15) is 6.92 Å². The minimum Gasteiger partial charge on any atom is -0.393 e. The highest BCUT2D eigenvalue weighted by molar-refractivity contribution is 5.97. The Bertz CT molecular complexity index is 1320. The Kier molecular flexibility index (Phi) is 4.05. The molecule has 0 unspecified atom stereocenters. The number of nitrogens with zero attached hydrogens (tertiary/aromatic N) is 6. The Hall–Kier alpha value is -4.00. The van der Waals surface area contributed by atoms with Crippen LogP contribution < -0.4 is 10.6 Å². The summed E-state index contributed by atoms with van der Waals surface area (Å²) in [6.45, 7) is 2.78. The summed E-state index contributed by atoms with van der Waals surface area (Å²) in [5.41, 5.74) is 9.70. The standard InChI is InChI=1S/C22H19N7/c1-2-28(18-13-7-9-15-8-3-4-10-16(15)18)21-20(23)22(25-14-24-21)29-19-12-6-5-11-17(19)26-27-29/h3-14H,2,23H2,1H3. The molecule has 0 radical (unpaired) electrons. The second-order valence-electron chi connectivity index (χ2n) is 6.67. The van der Waals surface area contributed by atoms with Gasteiger partial charge < -0.3 is 10.6 Å². The van der Waals surface area contributed by atoms with E-state index < -0.39 is 0 Å². The Morgan fingerprint density at radius 1 is 0.931 bits per heavy atom. The Morgan fingerprint density at radius 2 is 1.72 bits per heavy atom. The van der Waals surface area contributed by atoms with E-state index in [1.807, 2.05) is 42.5 Å². The third kappa shape index (κ3) is 2.75. The predicted octanol–water partition coefficient (Wildman–Crippen LogP) is 4.10. The Labute approximate surface area is 167 Å².